The van der Waals surface area contributed by atoms with E-state index in [1.54, 1.807) is 42.1 Å². The number of ketones is 1. The molecular formula is C20H21NO5S2. The van der Waals surface area contributed by atoms with Gasteiger partial charge in [0.25, 0.3) is 0 Å². The van der Waals surface area contributed by atoms with Gasteiger partial charge in [0.05, 0.1) is 17.5 Å². The summed E-state index contributed by atoms with van der Waals surface area (Å²) < 4.78 is 30.5. The van der Waals surface area contributed by atoms with Crippen LogP contribution in [0.4, 0.5) is 5.69 Å². The van der Waals surface area contributed by atoms with E-state index < -0.39 is 16.0 Å². The molecule has 28 heavy (non-hydrogen) atoms. The van der Waals surface area contributed by atoms with Gasteiger partial charge in [-0.25, -0.2) is 13.2 Å². The van der Waals surface area contributed by atoms with Crippen molar-refractivity contribution in [2.75, 3.05) is 23.4 Å². The standard InChI is InChI=1S/C20H21NO5S2/c1-13-10-16-11-15(6-9-18(16)21(13)28(3,24)25)19(22)12-26-20(23)14-4-7-17(27-2)8-5-14/h4-9,11,13H,10,12H2,1-3H3/t13-/m1/s1. The van der Waals surface area contributed by atoms with E-state index in [0.717, 1.165) is 10.5 Å². The first-order valence-electron chi connectivity index (χ1n) is 8.67. The number of rotatable bonds is 6. The van der Waals surface area contributed by atoms with Crippen LogP contribution in [0.5, 0.6) is 0 Å². The molecule has 0 spiro atoms. The Morgan fingerprint density at radius 1 is 1.14 bits per heavy atom. The highest BCUT2D eigenvalue weighted by atomic mass is 32.2. The minimum Gasteiger partial charge on any atom is -0.454 e. The fraction of sp³-hybridized carbons (Fsp3) is 0.300. The average molecular weight is 420 g/mol. The molecule has 0 amide bonds. The number of hydrogen-bond acceptors (Lipinski definition) is 6. The zero-order valence-corrected chi connectivity index (χ0v) is 17.5. The van der Waals surface area contributed by atoms with Crippen molar-refractivity contribution in [2.45, 2.75) is 24.3 Å². The van der Waals surface area contributed by atoms with Gasteiger partial charge in [0.2, 0.25) is 10.0 Å². The van der Waals surface area contributed by atoms with Crippen molar-refractivity contribution in [3.63, 3.8) is 0 Å². The Balaban J connectivity index is 1.69. The first-order chi connectivity index (χ1) is 13.2. The number of carbonyl (C=O) groups excluding carboxylic acids is 2. The summed E-state index contributed by atoms with van der Waals surface area (Å²) in [7, 11) is -3.38. The van der Waals surface area contributed by atoms with Gasteiger partial charge in [0.15, 0.2) is 12.4 Å². The van der Waals surface area contributed by atoms with Crippen molar-refractivity contribution in [1.29, 1.82) is 0 Å². The highest BCUT2D eigenvalue weighted by molar-refractivity contribution is 7.98. The van der Waals surface area contributed by atoms with E-state index in [0.29, 0.717) is 23.2 Å². The van der Waals surface area contributed by atoms with Gasteiger partial charge in [-0.3, -0.25) is 9.10 Å². The van der Waals surface area contributed by atoms with E-state index in [9.17, 15) is 18.0 Å². The van der Waals surface area contributed by atoms with Crippen LogP contribution >= 0.6 is 11.8 Å². The van der Waals surface area contributed by atoms with Crippen LogP contribution in [0.2, 0.25) is 0 Å². The van der Waals surface area contributed by atoms with Gasteiger partial charge in [0.1, 0.15) is 0 Å². The molecule has 0 saturated heterocycles. The molecule has 0 fully saturated rings. The molecule has 148 valence electrons. The summed E-state index contributed by atoms with van der Waals surface area (Å²) in [6.07, 6.45) is 3.65. The topological polar surface area (TPSA) is 80.8 Å². The molecule has 0 aliphatic carbocycles. The Labute approximate surface area is 168 Å². The Morgan fingerprint density at radius 3 is 2.39 bits per heavy atom. The number of fused-ring (bicyclic) bond motifs is 1. The van der Waals surface area contributed by atoms with E-state index in [1.807, 2.05) is 25.3 Å². The number of carbonyl (C=O) groups is 2. The normalized spacial score (nSPS) is 16.0. The molecule has 0 unspecified atom stereocenters. The SMILES string of the molecule is CSc1ccc(C(=O)OCC(=O)c2ccc3c(c2)C[C@@H](C)N3S(C)(=O)=O)cc1. The highest BCUT2D eigenvalue weighted by Crippen LogP contribution is 2.34. The third kappa shape index (κ3) is 4.23. The molecule has 1 aliphatic heterocycles. The summed E-state index contributed by atoms with van der Waals surface area (Å²) >= 11 is 1.57. The van der Waals surface area contributed by atoms with Crippen molar-refractivity contribution < 1.29 is 22.7 Å². The number of nitrogens with zero attached hydrogens (tertiary/aromatic N) is 1. The average Bonchev–Trinajstić information content (AvgIpc) is 3.00. The third-order valence-corrected chi connectivity index (χ3v) is 6.59. The Hall–Kier alpha value is -2.32. The van der Waals surface area contributed by atoms with Crippen LogP contribution in [0.1, 0.15) is 33.2 Å². The van der Waals surface area contributed by atoms with Gasteiger partial charge >= 0.3 is 5.97 Å². The summed E-state index contributed by atoms with van der Waals surface area (Å²) in [5, 5.41) is 0. The summed E-state index contributed by atoms with van der Waals surface area (Å²) in [4.78, 5) is 25.6. The second kappa shape index (κ2) is 7.97. The van der Waals surface area contributed by atoms with E-state index in [1.165, 1.54) is 10.6 Å². The molecule has 1 atom stereocenters. The third-order valence-electron chi connectivity index (χ3n) is 4.57. The number of thioether (sulfide) groups is 1. The quantitative estimate of drug-likeness (QED) is 0.406. The van der Waals surface area contributed by atoms with Gasteiger partial charge in [-0.05, 0) is 67.6 Å². The minimum absolute atomic E-state index is 0.197. The molecule has 3 rings (SSSR count). The van der Waals surface area contributed by atoms with E-state index >= 15 is 0 Å². The molecule has 6 nitrogen and oxygen atoms in total. The Bertz CT molecular complexity index is 1020. The lowest BCUT2D eigenvalue weighted by atomic mass is 10.0. The molecule has 0 radical (unpaired) electrons. The number of benzene rings is 2. The van der Waals surface area contributed by atoms with Crippen molar-refractivity contribution >= 4 is 39.2 Å². The Kier molecular flexibility index (Phi) is 5.81. The van der Waals surface area contributed by atoms with Crippen LogP contribution in [0, 0.1) is 0 Å². The van der Waals surface area contributed by atoms with Gasteiger partial charge in [-0.2, -0.15) is 0 Å². The fourth-order valence-electron chi connectivity index (χ4n) is 3.31. The van der Waals surface area contributed by atoms with Crippen molar-refractivity contribution in [3.8, 4) is 0 Å². The van der Waals surface area contributed by atoms with Gasteiger partial charge < -0.3 is 4.74 Å². The predicted molar refractivity (Wildman–Crippen MR) is 110 cm³/mol. The predicted octanol–water partition coefficient (Wildman–Crippen LogP) is 3.16. The number of ether oxygens (including phenoxy) is 1. The van der Waals surface area contributed by atoms with Gasteiger partial charge in [-0.1, -0.05) is 0 Å². The number of esters is 1. The molecule has 0 aromatic heterocycles. The van der Waals surface area contributed by atoms with Crippen molar-refractivity contribution in [3.05, 3.63) is 59.2 Å². The second-order valence-corrected chi connectivity index (χ2v) is 9.42. The first-order valence-corrected chi connectivity index (χ1v) is 11.7. The van der Waals surface area contributed by atoms with E-state index in [2.05, 4.69) is 0 Å². The smallest absolute Gasteiger partial charge is 0.338 e. The lowest BCUT2D eigenvalue weighted by molar-refractivity contribution is 0.0474. The molecule has 0 bridgehead atoms. The van der Waals surface area contributed by atoms with Crippen molar-refractivity contribution in [1.82, 2.24) is 0 Å². The maximum absolute atomic E-state index is 12.4. The van der Waals surface area contributed by atoms with Gasteiger partial charge in [0, 0.05) is 16.5 Å². The molecular weight excluding hydrogens is 398 g/mol. The lowest BCUT2D eigenvalue weighted by Gasteiger charge is -2.21. The van der Waals surface area contributed by atoms with Crippen LogP contribution in [-0.2, 0) is 21.2 Å². The monoisotopic (exact) mass is 419 g/mol. The molecule has 2 aromatic carbocycles. The fourth-order valence-corrected chi connectivity index (χ4v) is 4.98. The van der Waals surface area contributed by atoms with Crippen molar-refractivity contribution in [2.24, 2.45) is 0 Å². The number of hydrogen-bond donors (Lipinski definition) is 0. The molecule has 8 heteroatoms. The first kappa shape index (κ1) is 20.4. The summed E-state index contributed by atoms with van der Waals surface area (Å²) in [5.41, 5.74) is 2.17. The minimum atomic E-state index is -3.38. The largest absolute Gasteiger partial charge is 0.454 e. The van der Waals surface area contributed by atoms with E-state index in [4.69, 9.17) is 4.74 Å². The lowest BCUT2D eigenvalue weighted by Crippen LogP contribution is -2.34. The molecule has 2 aromatic rings. The molecule has 0 N–H and O–H groups in total. The summed E-state index contributed by atoms with van der Waals surface area (Å²) in [6, 6.07) is 11.6. The molecule has 0 saturated carbocycles. The van der Waals surface area contributed by atoms with Crippen LogP contribution in [0.3, 0.4) is 0 Å². The summed E-state index contributed by atoms with van der Waals surface area (Å²) in [6.45, 7) is 1.46. The maximum atomic E-state index is 12.4. The van der Waals surface area contributed by atoms with Crippen LogP contribution in [0.15, 0.2) is 47.4 Å². The summed E-state index contributed by atoms with van der Waals surface area (Å²) in [5.74, 6) is -0.888. The number of anilines is 1. The van der Waals surface area contributed by atoms with Crippen LogP contribution in [-0.4, -0.2) is 45.3 Å². The number of Topliss-reactive ketones (excluding diaryl/α,β-unsaturated/α-hetero) is 1. The molecule has 1 heterocycles. The zero-order chi connectivity index (χ0) is 20.5. The van der Waals surface area contributed by atoms with Crippen LogP contribution in [0.25, 0.3) is 0 Å². The number of sulfonamides is 1. The zero-order valence-electron chi connectivity index (χ0n) is 15.8. The van der Waals surface area contributed by atoms with Gasteiger partial charge in [-0.15, -0.1) is 11.8 Å². The maximum Gasteiger partial charge on any atom is 0.338 e. The second-order valence-electron chi connectivity index (χ2n) is 6.68. The van der Waals surface area contributed by atoms with E-state index in [-0.39, 0.29) is 18.4 Å². The Morgan fingerprint density at radius 2 is 1.79 bits per heavy atom. The highest BCUT2D eigenvalue weighted by Gasteiger charge is 2.32. The molecule has 1 aliphatic rings. The van der Waals surface area contributed by atoms with Crippen LogP contribution < -0.4 is 4.31 Å².